The quantitative estimate of drug-likeness (QED) is 0.721. The predicted octanol–water partition coefficient (Wildman–Crippen LogP) is 5.10. The highest BCUT2D eigenvalue weighted by atomic mass is 35.5. The molecule has 2 aromatic rings. The molecule has 1 unspecified atom stereocenters. The van der Waals surface area contributed by atoms with Gasteiger partial charge in [0.25, 0.3) is 0 Å². The third-order valence-corrected chi connectivity index (χ3v) is 5.19. The minimum Gasteiger partial charge on any atom is -0.366 e. The molecule has 24 heavy (non-hydrogen) atoms. The Morgan fingerprint density at radius 3 is 2.58 bits per heavy atom. The Hall–Kier alpha value is -1.35. The molecule has 1 fully saturated rings. The van der Waals surface area contributed by atoms with Crippen LogP contribution in [-0.4, -0.2) is 31.1 Å². The number of ether oxygens (including phenoxy) is 1. The van der Waals surface area contributed by atoms with Crippen molar-refractivity contribution in [2.24, 2.45) is 0 Å². The van der Waals surface area contributed by atoms with Gasteiger partial charge in [-0.25, -0.2) is 0 Å². The molecule has 0 N–H and O–H groups in total. The van der Waals surface area contributed by atoms with Gasteiger partial charge >= 0.3 is 0 Å². The molecule has 1 aliphatic rings. The molecule has 2 atom stereocenters. The molecule has 0 aliphatic carbocycles. The number of likely N-dealkylation sites (tertiary alicyclic amines) is 1. The van der Waals surface area contributed by atoms with E-state index in [2.05, 4.69) is 19.1 Å². The van der Waals surface area contributed by atoms with Gasteiger partial charge in [-0.2, -0.15) is 0 Å². The molecule has 1 aliphatic heterocycles. The van der Waals surface area contributed by atoms with Crippen LogP contribution in [0, 0.1) is 0 Å². The molecule has 0 bridgehead atoms. The second-order valence-corrected chi connectivity index (χ2v) is 6.97. The van der Waals surface area contributed by atoms with Gasteiger partial charge < -0.3 is 9.64 Å². The molecule has 3 heteroatoms. The Balaban J connectivity index is 1.76. The second-order valence-electron chi connectivity index (χ2n) is 6.53. The van der Waals surface area contributed by atoms with Crippen molar-refractivity contribution in [1.29, 1.82) is 0 Å². The van der Waals surface area contributed by atoms with Crippen LogP contribution in [0.2, 0.25) is 5.02 Å². The summed E-state index contributed by atoms with van der Waals surface area (Å²) in [5.74, 6) is 0. The SMILES string of the molecule is [2H]C([2H])([2H])N1CCCC1CCO[C@](C)(c1ccccc1)c1ccc(Cl)cc1. The van der Waals surface area contributed by atoms with Crippen molar-refractivity contribution in [2.75, 3.05) is 20.1 Å². The summed E-state index contributed by atoms with van der Waals surface area (Å²) in [5, 5.41) is 0.688. The molecule has 0 saturated carbocycles. The van der Waals surface area contributed by atoms with Crippen molar-refractivity contribution in [3.8, 4) is 0 Å². The molecule has 0 amide bonds. The topological polar surface area (TPSA) is 12.5 Å². The smallest absolute Gasteiger partial charge is 0.115 e. The van der Waals surface area contributed by atoms with Gasteiger partial charge in [0.15, 0.2) is 0 Å². The van der Waals surface area contributed by atoms with E-state index in [1.54, 1.807) is 4.90 Å². The van der Waals surface area contributed by atoms with Crippen molar-refractivity contribution in [2.45, 2.75) is 37.8 Å². The lowest BCUT2D eigenvalue weighted by atomic mass is 9.88. The second kappa shape index (κ2) is 7.69. The summed E-state index contributed by atoms with van der Waals surface area (Å²) in [6, 6.07) is 17.8. The lowest BCUT2D eigenvalue weighted by molar-refractivity contribution is -0.0117. The van der Waals surface area contributed by atoms with Gasteiger partial charge in [0.1, 0.15) is 5.60 Å². The lowest BCUT2D eigenvalue weighted by Gasteiger charge is -2.32. The predicted molar refractivity (Wildman–Crippen MR) is 101 cm³/mol. The summed E-state index contributed by atoms with van der Waals surface area (Å²) in [6.45, 7) is 1.15. The fourth-order valence-electron chi connectivity index (χ4n) is 3.39. The van der Waals surface area contributed by atoms with E-state index in [-0.39, 0.29) is 6.04 Å². The summed E-state index contributed by atoms with van der Waals surface area (Å²) in [7, 11) is 0. The first-order valence-corrected chi connectivity index (χ1v) is 8.91. The maximum Gasteiger partial charge on any atom is 0.115 e. The summed E-state index contributed by atoms with van der Waals surface area (Å²) >= 11 is 6.06. The molecular formula is C21H26ClNO. The van der Waals surface area contributed by atoms with Crippen molar-refractivity contribution >= 4 is 11.6 Å². The molecule has 1 heterocycles. The fourth-order valence-corrected chi connectivity index (χ4v) is 3.52. The minimum atomic E-state index is -2.03. The number of benzene rings is 2. The average Bonchev–Trinajstić information content (AvgIpc) is 3.12. The maximum atomic E-state index is 7.71. The Labute approximate surface area is 154 Å². The van der Waals surface area contributed by atoms with E-state index in [0.717, 1.165) is 24.0 Å². The van der Waals surface area contributed by atoms with Crippen molar-refractivity contribution in [3.63, 3.8) is 0 Å². The lowest BCUT2D eigenvalue weighted by Crippen LogP contribution is -2.31. The summed E-state index contributed by atoms with van der Waals surface area (Å²) < 4.78 is 29.5. The first-order chi connectivity index (χ1) is 12.8. The van der Waals surface area contributed by atoms with Gasteiger partial charge in [-0.05, 0) is 63.0 Å². The van der Waals surface area contributed by atoms with E-state index >= 15 is 0 Å². The third kappa shape index (κ3) is 3.83. The molecule has 0 spiro atoms. The van der Waals surface area contributed by atoms with E-state index in [1.807, 2.05) is 42.5 Å². The maximum absolute atomic E-state index is 7.71. The molecule has 128 valence electrons. The van der Waals surface area contributed by atoms with Gasteiger partial charge in [-0.1, -0.05) is 54.1 Å². The van der Waals surface area contributed by atoms with Crippen LogP contribution in [0.5, 0.6) is 0 Å². The molecule has 1 saturated heterocycles. The van der Waals surface area contributed by atoms with Gasteiger partial charge in [0, 0.05) is 21.8 Å². The van der Waals surface area contributed by atoms with Crippen molar-refractivity contribution < 1.29 is 8.85 Å². The summed E-state index contributed by atoms with van der Waals surface area (Å²) in [4.78, 5) is 1.64. The Kier molecular flexibility index (Phi) is 4.45. The largest absolute Gasteiger partial charge is 0.366 e. The molecular weight excluding hydrogens is 318 g/mol. The van der Waals surface area contributed by atoms with Crippen LogP contribution < -0.4 is 0 Å². The standard InChI is InChI=1S/C21H26ClNO/c1-21(17-7-4-3-5-8-17,18-10-12-19(22)13-11-18)24-16-14-20-9-6-15-23(20)2/h3-5,7-8,10-13,20H,6,9,14-16H2,1-2H3/t20?,21-/m1/s1/i2D3. The number of halogens is 1. The average molecular weight is 347 g/mol. The molecule has 2 nitrogen and oxygen atoms in total. The van der Waals surface area contributed by atoms with Crippen molar-refractivity contribution in [3.05, 3.63) is 70.7 Å². The van der Waals surface area contributed by atoms with Crippen LogP contribution in [0.25, 0.3) is 0 Å². The highest BCUT2D eigenvalue weighted by Gasteiger charge is 2.30. The van der Waals surface area contributed by atoms with E-state index in [1.165, 1.54) is 0 Å². The van der Waals surface area contributed by atoms with Crippen LogP contribution in [0.4, 0.5) is 0 Å². The first kappa shape index (κ1) is 13.9. The van der Waals surface area contributed by atoms with Crippen LogP contribution in [0.15, 0.2) is 54.6 Å². The van der Waals surface area contributed by atoms with E-state index in [4.69, 9.17) is 20.5 Å². The monoisotopic (exact) mass is 346 g/mol. The number of hydrogen-bond donors (Lipinski definition) is 0. The van der Waals surface area contributed by atoms with E-state index in [0.29, 0.717) is 24.6 Å². The highest BCUT2D eigenvalue weighted by molar-refractivity contribution is 6.30. The van der Waals surface area contributed by atoms with Crippen LogP contribution in [-0.2, 0) is 10.3 Å². The van der Waals surface area contributed by atoms with E-state index < -0.39 is 12.6 Å². The van der Waals surface area contributed by atoms with Gasteiger partial charge in [0.2, 0.25) is 0 Å². The third-order valence-electron chi connectivity index (χ3n) is 4.94. The zero-order chi connectivity index (χ0) is 19.5. The fraction of sp³-hybridized carbons (Fsp3) is 0.429. The highest BCUT2D eigenvalue weighted by Crippen LogP contribution is 2.34. The molecule has 0 aromatic heterocycles. The first-order valence-electron chi connectivity index (χ1n) is 10.0. The Morgan fingerprint density at radius 2 is 1.88 bits per heavy atom. The summed E-state index contributed by atoms with van der Waals surface area (Å²) in [5.41, 5.74) is 1.47. The molecule has 3 rings (SSSR count). The van der Waals surface area contributed by atoms with Gasteiger partial charge in [-0.3, -0.25) is 0 Å². The Morgan fingerprint density at radius 1 is 1.17 bits per heavy atom. The zero-order valence-corrected chi connectivity index (χ0v) is 14.8. The van der Waals surface area contributed by atoms with E-state index in [9.17, 15) is 0 Å². The van der Waals surface area contributed by atoms with Crippen LogP contribution >= 0.6 is 11.6 Å². The summed E-state index contributed by atoms with van der Waals surface area (Å²) in [6.07, 6.45) is 2.54. The van der Waals surface area contributed by atoms with Crippen molar-refractivity contribution in [1.82, 2.24) is 4.90 Å². The minimum absolute atomic E-state index is 0.0442. The number of rotatable bonds is 6. The number of hydrogen-bond acceptors (Lipinski definition) is 2. The molecule has 0 radical (unpaired) electrons. The van der Waals surface area contributed by atoms with Gasteiger partial charge in [0.05, 0.1) is 0 Å². The Bertz CT molecular complexity index is 735. The van der Waals surface area contributed by atoms with Crippen LogP contribution in [0.3, 0.4) is 0 Å². The van der Waals surface area contributed by atoms with Gasteiger partial charge in [-0.15, -0.1) is 0 Å². The van der Waals surface area contributed by atoms with Crippen LogP contribution in [0.1, 0.15) is 41.4 Å². The zero-order valence-electron chi connectivity index (χ0n) is 17.0. The number of nitrogens with zero attached hydrogens (tertiary/aromatic N) is 1. The normalized spacial score (nSPS) is 23.2. The molecule has 2 aromatic carbocycles.